The molecule has 19 heavy (non-hydrogen) atoms. The number of carbonyl (C=O) groups excluding carboxylic acids is 1. The zero-order valence-corrected chi connectivity index (χ0v) is 12.7. The van der Waals surface area contributed by atoms with Gasteiger partial charge in [-0.15, -0.1) is 23.7 Å². The van der Waals surface area contributed by atoms with Crippen molar-refractivity contribution in [3.8, 4) is 0 Å². The summed E-state index contributed by atoms with van der Waals surface area (Å²) in [6, 6.07) is 2.31. The van der Waals surface area contributed by atoms with Crippen LogP contribution in [0.3, 0.4) is 0 Å². The van der Waals surface area contributed by atoms with E-state index in [4.69, 9.17) is 5.73 Å². The molecule has 5 heteroatoms. The summed E-state index contributed by atoms with van der Waals surface area (Å²) in [4.78, 5) is 16.7. The first-order valence-electron chi connectivity index (χ1n) is 6.90. The molecule has 0 spiro atoms. The molecule has 3 nitrogen and oxygen atoms in total. The summed E-state index contributed by atoms with van der Waals surface area (Å²) < 4.78 is 0. The van der Waals surface area contributed by atoms with E-state index in [0.29, 0.717) is 0 Å². The number of nitrogens with zero attached hydrogens (tertiary/aromatic N) is 1. The fraction of sp³-hybridized carbons (Fsp3) is 0.643. The predicted molar refractivity (Wildman–Crippen MR) is 81.3 cm³/mol. The van der Waals surface area contributed by atoms with E-state index in [0.717, 1.165) is 37.2 Å². The highest BCUT2D eigenvalue weighted by molar-refractivity contribution is 7.14. The first-order chi connectivity index (χ1) is 8.74. The molecular formula is C14H21ClN2OS. The monoisotopic (exact) mass is 300 g/mol. The Kier molecular flexibility index (Phi) is 4.87. The van der Waals surface area contributed by atoms with Crippen LogP contribution in [0.2, 0.25) is 0 Å². The Labute approximate surface area is 124 Å². The number of hydrogen-bond acceptors (Lipinski definition) is 3. The summed E-state index contributed by atoms with van der Waals surface area (Å²) in [5, 5.41) is 0. The first kappa shape index (κ1) is 14.8. The second-order valence-electron chi connectivity index (χ2n) is 5.42. The number of carbonyl (C=O) groups is 1. The van der Waals surface area contributed by atoms with Crippen LogP contribution in [-0.4, -0.2) is 29.9 Å². The highest BCUT2D eigenvalue weighted by atomic mass is 35.5. The maximum atomic E-state index is 12.4. The summed E-state index contributed by atoms with van der Waals surface area (Å²) in [5.41, 5.74) is 7.29. The van der Waals surface area contributed by atoms with E-state index in [1.807, 2.05) is 4.90 Å². The number of fused-ring (bicyclic) bond motifs is 1. The summed E-state index contributed by atoms with van der Waals surface area (Å²) in [7, 11) is 0. The van der Waals surface area contributed by atoms with Crippen molar-refractivity contribution in [2.24, 2.45) is 5.73 Å². The van der Waals surface area contributed by atoms with Gasteiger partial charge in [-0.1, -0.05) is 6.42 Å². The molecule has 1 fully saturated rings. The average molecular weight is 301 g/mol. The Morgan fingerprint density at radius 2 is 2.11 bits per heavy atom. The Bertz CT molecular complexity index is 437. The van der Waals surface area contributed by atoms with Crippen molar-refractivity contribution in [1.82, 2.24) is 4.90 Å². The molecule has 1 amide bonds. The largest absolute Gasteiger partial charge is 0.336 e. The minimum Gasteiger partial charge on any atom is -0.336 e. The molecule has 0 bridgehead atoms. The second kappa shape index (κ2) is 6.25. The van der Waals surface area contributed by atoms with Gasteiger partial charge in [-0.2, -0.15) is 0 Å². The van der Waals surface area contributed by atoms with Crippen LogP contribution in [0.4, 0.5) is 0 Å². The van der Waals surface area contributed by atoms with Crippen LogP contribution in [0.1, 0.15) is 45.8 Å². The maximum Gasteiger partial charge on any atom is 0.263 e. The third kappa shape index (κ3) is 3.12. The fourth-order valence-corrected chi connectivity index (χ4v) is 4.12. The van der Waals surface area contributed by atoms with Crippen LogP contribution in [0.5, 0.6) is 0 Å². The lowest BCUT2D eigenvalue weighted by Gasteiger charge is -2.14. The number of likely N-dealkylation sites (tertiary alicyclic amines) is 1. The highest BCUT2D eigenvalue weighted by Gasteiger charge is 2.26. The third-order valence-electron chi connectivity index (χ3n) is 3.97. The van der Waals surface area contributed by atoms with Gasteiger partial charge in [0.05, 0.1) is 4.88 Å². The quantitative estimate of drug-likeness (QED) is 0.810. The minimum absolute atomic E-state index is 0. The van der Waals surface area contributed by atoms with Crippen molar-refractivity contribution in [1.29, 1.82) is 0 Å². The fourth-order valence-electron chi connectivity index (χ4n) is 2.90. The Morgan fingerprint density at radius 1 is 1.32 bits per heavy atom. The number of aryl methyl sites for hydroxylation is 2. The number of rotatable bonds is 1. The number of nitrogens with two attached hydrogens (primary N) is 1. The number of halogens is 1. The molecular weight excluding hydrogens is 280 g/mol. The summed E-state index contributed by atoms with van der Waals surface area (Å²) in [6.07, 6.45) is 7.12. The van der Waals surface area contributed by atoms with Gasteiger partial charge in [0.2, 0.25) is 0 Å². The lowest BCUT2D eigenvalue weighted by Crippen LogP contribution is -2.31. The smallest absolute Gasteiger partial charge is 0.263 e. The van der Waals surface area contributed by atoms with E-state index in [9.17, 15) is 4.79 Å². The van der Waals surface area contributed by atoms with Crippen LogP contribution in [0, 0.1) is 0 Å². The predicted octanol–water partition coefficient (Wildman–Crippen LogP) is 2.61. The molecule has 0 unspecified atom stereocenters. The van der Waals surface area contributed by atoms with Gasteiger partial charge in [0.1, 0.15) is 0 Å². The summed E-state index contributed by atoms with van der Waals surface area (Å²) >= 11 is 1.71. The Hall–Kier alpha value is -0.580. The van der Waals surface area contributed by atoms with Gasteiger partial charge in [0.25, 0.3) is 5.91 Å². The lowest BCUT2D eigenvalue weighted by molar-refractivity contribution is 0.0795. The van der Waals surface area contributed by atoms with Crippen molar-refractivity contribution in [2.75, 3.05) is 13.1 Å². The van der Waals surface area contributed by atoms with E-state index in [2.05, 4.69) is 6.07 Å². The van der Waals surface area contributed by atoms with Gasteiger partial charge in [-0.25, -0.2) is 0 Å². The zero-order chi connectivity index (χ0) is 12.5. The van der Waals surface area contributed by atoms with E-state index >= 15 is 0 Å². The van der Waals surface area contributed by atoms with Crippen molar-refractivity contribution >= 4 is 29.7 Å². The van der Waals surface area contributed by atoms with Crippen molar-refractivity contribution in [3.05, 3.63) is 21.4 Å². The van der Waals surface area contributed by atoms with Crippen LogP contribution in [0.15, 0.2) is 6.07 Å². The Morgan fingerprint density at radius 3 is 2.84 bits per heavy atom. The molecule has 2 heterocycles. The van der Waals surface area contributed by atoms with Crippen molar-refractivity contribution in [2.45, 2.75) is 44.6 Å². The lowest BCUT2D eigenvalue weighted by atomic mass is 10.1. The van der Waals surface area contributed by atoms with Crippen LogP contribution in [-0.2, 0) is 12.8 Å². The van der Waals surface area contributed by atoms with Gasteiger partial charge >= 0.3 is 0 Å². The Balaban J connectivity index is 0.00000133. The van der Waals surface area contributed by atoms with E-state index < -0.39 is 0 Å². The topological polar surface area (TPSA) is 46.3 Å². The molecule has 1 saturated heterocycles. The minimum atomic E-state index is 0. The van der Waals surface area contributed by atoms with E-state index in [-0.39, 0.29) is 24.4 Å². The standard InChI is InChI=1S/C14H20N2OS.ClH/c15-11-6-7-16(9-11)14(17)13-8-10-4-2-1-3-5-12(10)18-13;/h8,11H,1-7,9,15H2;1H/t11-;/m0./s1. The van der Waals surface area contributed by atoms with Crippen LogP contribution in [0.25, 0.3) is 0 Å². The van der Waals surface area contributed by atoms with Gasteiger partial charge in [0, 0.05) is 24.0 Å². The second-order valence-corrected chi connectivity index (χ2v) is 6.56. The summed E-state index contributed by atoms with van der Waals surface area (Å²) in [5.74, 6) is 0.195. The molecule has 1 atom stereocenters. The zero-order valence-electron chi connectivity index (χ0n) is 11.1. The normalized spacial score (nSPS) is 22.6. The van der Waals surface area contributed by atoms with Gasteiger partial charge in [-0.3, -0.25) is 4.79 Å². The van der Waals surface area contributed by atoms with Crippen LogP contribution >= 0.6 is 23.7 Å². The number of thiophene rings is 1. The molecule has 0 saturated carbocycles. The molecule has 106 valence electrons. The first-order valence-corrected chi connectivity index (χ1v) is 7.72. The molecule has 3 rings (SSSR count). The molecule has 1 aromatic rings. The number of hydrogen-bond donors (Lipinski definition) is 1. The van der Waals surface area contributed by atoms with Gasteiger partial charge in [-0.05, 0) is 43.7 Å². The molecule has 0 radical (unpaired) electrons. The highest BCUT2D eigenvalue weighted by Crippen LogP contribution is 2.30. The molecule has 1 aliphatic heterocycles. The molecule has 2 aliphatic rings. The van der Waals surface area contributed by atoms with Gasteiger partial charge < -0.3 is 10.6 Å². The van der Waals surface area contributed by atoms with Crippen molar-refractivity contribution < 1.29 is 4.79 Å². The van der Waals surface area contributed by atoms with E-state index in [1.54, 1.807) is 11.3 Å². The molecule has 1 aliphatic carbocycles. The molecule has 0 aromatic carbocycles. The SMILES string of the molecule is Cl.N[C@H]1CCN(C(=O)c2cc3c(s2)CCCCC3)C1. The van der Waals surface area contributed by atoms with Gasteiger partial charge in [0.15, 0.2) is 0 Å². The third-order valence-corrected chi connectivity index (χ3v) is 5.19. The van der Waals surface area contributed by atoms with E-state index in [1.165, 1.54) is 29.7 Å². The summed E-state index contributed by atoms with van der Waals surface area (Å²) in [6.45, 7) is 1.55. The number of amides is 1. The maximum absolute atomic E-state index is 12.4. The van der Waals surface area contributed by atoms with Crippen LogP contribution < -0.4 is 5.73 Å². The average Bonchev–Trinajstić information content (AvgIpc) is 2.90. The molecule has 2 N–H and O–H groups in total. The molecule has 1 aromatic heterocycles. The van der Waals surface area contributed by atoms with Crippen molar-refractivity contribution in [3.63, 3.8) is 0 Å².